The first kappa shape index (κ1) is 17.6. The maximum absolute atomic E-state index is 13.5. The highest BCUT2D eigenvalue weighted by molar-refractivity contribution is 6.20. The second-order valence-electron chi connectivity index (χ2n) is 8.16. The molecule has 1 aliphatic carbocycles. The summed E-state index contributed by atoms with van der Waals surface area (Å²) in [5, 5.41) is 10.2. The molecule has 0 bridgehead atoms. The number of hydrogen-bond donors (Lipinski definition) is 0. The zero-order valence-corrected chi connectivity index (χ0v) is 16.7. The van der Waals surface area contributed by atoms with Crippen molar-refractivity contribution in [1.82, 2.24) is 4.57 Å². The molecule has 5 rings (SSSR count). The van der Waals surface area contributed by atoms with E-state index in [9.17, 15) is 10.1 Å². The van der Waals surface area contributed by atoms with E-state index in [-0.39, 0.29) is 11.2 Å². The summed E-state index contributed by atoms with van der Waals surface area (Å²) in [6, 6.07) is 13.8. The Labute approximate surface area is 169 Å². The van der Waals surface area contributed by atoms with Crippen molar-refractivity contribution < 1.29 is 9.53 Å². The Morgan fingerprint density at radius 2 is 2.00 bits per heavy atom. The van der Waals surface area contributed by atoms with Crippen LogP contribution in [0.25, 0.3) is 10.9 Å². The predicted molar refractivity (Wildman–Crippen MR) is 112 cm³/mol. The van der Waals surface area contributed by atoms with Gasteiger partial charge in [0.15, 0.2) is 5.78 Å². The first-order chi connectivity index (χ1) is 13.9. The van der Waals surface area contributed by atoms with Gasteiger partial charge < -0.3 is 14.2 Å². The van der Waals surface area contributed by atoms with Gasteiger partial charge in [-0.2, -0.15) is 5.26 Å². The predicted octanol–water partition coefficient (Wildman–Crippen LogP) is 4.23. The van der Waals surface area contributed by atoms with E-state index >= 15 is 0 Å². The minimum atomic E-state index is -0.356. The zero-order valence-electron chi connectivity index (χ0n) is 16.7. The minimum Gasteiger partial charge on any atom is -0.498 e. The maximum atomic E-state index is 13.5. The van der Waals surface area contributed by atoms with Crippen LogP contribution in [0.4, 0.5) is 5.69 Å². The molecule has 5 heteroatoms. The Bertz CT molecular complexity index is 1260. The average molecular weight is 383 g/mol. The first-order valence-electron chi connectivity index (χ1n) is 9.70. The summed E-state index contributed by atoms with van der Waals surface area (Å²) in [6.45, 7) is 5.75. The van der Waals surface area contributed by atoms with Crippen LogP contribution in [0.15, 0.2) is 48.9 Å². The van der Waals surface area contributed by atoms with Crippen molar-refractivity contribution in [3.05, 3.63) is 76.8 Å². The van der Waals surface area contributed by atoms with E-state index in [1.807, 2.05) is 37.5 Å². The van der Waals surface area contributed by atoms with Crippen LogP contribution in [0.5, 0.6) is 0 Å². The smallest absolute Gasteiger partial charge is 0.195 e. The van der Waals surface area contributed by atoms with E-state index < -0.39 is 0 Å². The van der Waals surface area contributed by atoms with Crippen LogP contribution < -0.4 is 4.90 Å². The molecule has 0 amide bonds. The molecule has 0 N–H and O–H groups in total. The Morgan fingerprint density at radius 3 is 2.72 bits per heavy atom. The van der Waals surface area contributed by atoms with Crippen molar-refractivity contribution >= 4 is 22.4 Å². The summed E-state index contributed by atoms with van der Waals surface area (Å²) < 4.78 is 7.38. The summed E-state index contributed by atoms with van der Waals surface area (Å²) in [4.78, 5) is 15.7. The summed E-state index contributed by atoms with van der Waals surface area (Å²) >= 11 is 0. The van der Waals surface area contributed by atoms with Gasteiger partial charge in [-0.3, -0.25) is 4.79 Å². The Kier molecular flexibility index (Phi) is 3.63. The second-order valence-corrected chi connectivity index (χ2v) is 8.16. The Balaban J connectivity index is 1.75. The van der Waals surface area contributed by atoms with E-state index in [0.717, 1.165) is 45.5 Å². The SMILES string of the molecule is Cn1c2c(c3ccc(C#N)cc31)C(=O)c1ccc(N3C=COCC3)cc1C2(C)C. The maximum Gasteiger partial charge on any atom is 0.195 e. The van der Waals surface area contributed by atoms with Gasteiger partial charge in [0.25, 0.3) is 0 Å². The van der Waals surface area contributed by atoms with Gasteiger partial charge in [-0.15, -0.1) is 0 Å². The highest BCUT2D eigenvalue weighted by Crippen LogP contribution is 2.46. The third-order valence-corrected chi connectivity index (χ3v) is 6.19. The largest absolute Gasteiger partial charge is 0.498 e. The van der Waals surface area contributed by atoms with Gasteiger partial charge in [-0.25, -0.2) is 0 Å². The molecule has 1 aliphatic heterocycles. The van der Waals surface area contributed by atoms with Crippen LogP contribution in [0.2, 0.25) is 0 Å². The monoisotopic (exact) mass is 383 g/mol. The van der Waals surface area contributed by atoms with Crippen molar-refractivity contribution in [2.75, 3.05) is 18.1 Å². The Hall–Kier alpha value is -3.52. The summed E-state index contributed by atoms with van der Waals surface area (Å²) in [5.74, 6) is 0.0497. The molecule has 2 aliphatic rings. The third-order valence-electron chi connectivity index (χ3n) is 6.19. The van der Waals surface area contributed by atoms with Gasteiger partial charge in [0.05, 0.1) is 35.5 Å². The molecule has 29 heavy (non-hydrogen) atoms. The van der Waals surface area contributed by atoms with Gasteiger partial charge in [0, 0.05) is 41.0 Å². The summed E-state index contributed by atoms with van der Waals surface area (Å²) in [6.07, 6.45) is 3.63. The highest BCUT2D eigenvalue weighted by Gasteiger charge is 2.41. The standard InChI is InChI=1S/C24H21N3O2/c1-24(2)19-13-16(27-8-10-29-11-9-27)5-7-17(19)22(28)21-18-6-4-15(14-25)12-20(18)26(3)23(21)24/h4-8,10,12-13H,9,11H2,1-3H3. The normalized spacial score (nSPS) is 16.9. The molecule has 3 aromatic rings. The lowest BCUT2D eigenvalue weighted by Gasteiger charge is -2.35. The number of rotatable bonds is 1. The van der Waals surface area contributed by atoms with Crippen molar-refractivity contribution in [2.24, 2.45) is 7.05 Å². The zero-order chi connectivity index (χ0) is 20.3. The van der Waals surface area contributed by atoms with Crippen LogP contribution in [0.3, 0.4) is 0 Å². The van der Waals surface area contributed by atoms with Crippen LogP contribution in [-0.4, -0.2) is 23.5 Å². The molecule has 2 heterocycles. The number of ketones is 1. The quantitative estimate of drug-likeness (QED) is 0.631. The van der Waals surface area contributed by atoms with Crippen molar-refractivity contribution in [3.63, 3.8) is 0 Å². The van der Waals surface area contributed by atoms with Crippen LogP contribution in [-0.2, 0) is 17.2 Å². The molecule has 0 fully saturated rings. The molecule has 0 saturated heterocycles. The molecule has 0 atom stereocenters. The number of fused-ring (bicyclic) bond motifs is 4. The second kappa shape index (κ2) is 5.99. The van der Waals surface area contributed by atoms with Gasteiger partial charge in [-0.1, -0.05) is 19.9 Å². The topological polar surface area (TPSA) is 58.3 Å². The minimum absolute atomic E-state index is 0.0497. The van der Waals surface area contributed by atoms with Gasteiger partial charge in [-0.05, 0) is 35.9 Å². The fourth-order valence-corrected chi connectivity index (χ4v) is 4.78. The average Bonchev–Trinajstić information content (AvgIpc) is 3.05. The molecule has 2 aromatic carbocycles. The number of nitriles is 1. The van der Waals surface area contributed by atoms with E-state index in [4.69, 9.17) is 4.74 Å². The number of aromatic nitrogens is 1. The number of aryl methyl sites for hydroxylation is 1. The van der Waals surface area contributed by atoms with Crippen molar-refractivity contribution in [1.29, 1.82) is 5.26 Å². The number of carbonyl (C=O) groups is 1. The molecular formula is C24H21N3O2. The van der Waals surface area contributed by atoms with Gasteiger partial charge in [0.1, 0.15) is 6.61 Å². The number of carbonyl (C=O) groups excluding carboxylic acids is 1. The number of hydrogen-bond acceptors (Lipinski definition) is 4. The van der Waals surface area contributed by atoms with E-state index in [1.54, 1.807) is 12.3 Å². The molecule has 0 saturated carbocycles. The van der Waals surface area contributed by atoms with Crippen LogP contribution in [0.1, 0.15) is 46.6 Å². The van der Waals surface area contributed by atoms with E-state index in [2.05, 4.69) is 35.5 Å². The Morgan fingerprint density at radius 1 is 1.17 bits per heavy atom. The lowest BCUT2D eigenvalue weighted by Crippen LogP contribution is -2.33. The molecule has 1 aromatic heterocycles. The first-order valence-corrected chi connectivity index (χ1v) is 9.70. The highest BCUT2D eigenvalue weighted by atomic mass is 16.5. The van der Waals surface area contributed by atoms with Crippen molar-refractivity contribution in [2.45, 2.75) is 19.3 Å². The molecule has 5 nitrogen and oxygen atoms in total. The lowest BCUT2D eigenvalue weighted by molar-refractivity contribution is 0.103. The molecule has 144 valence electrons. The van der Waals surface area contributed by atoms with Crippen molar-refractivity contribution in [3.8, 4) is 6.07 Å². The lowest BCUT2D eigenvalue weighted by atomic mass is 9.71. The summed E-state index contributed by atoms with van der Waals surface area (Å²) in [5.41, 5.74) is 5.74. The number of ether oxygens (including phenoxy) is 1. The fourth-order valence-electron chi connectivity index (χ4n) is 4.78. The molecule has 0 spiro atoms. The third kappa shape index (κ3) is 2.35. The van der Waals surface area contributed by atoms with Crippen LogP contribution >= 0.6 is 0 Å². The van der Waals surface area contributed by atoms with E-state index in [1.165, 1.54) is 0 Å². The van der Waals surface area contributed by atoms with E-state index in [0.29, 0.717) is 12.2 Å². The van der Waals surface area contributed by atoms with Gasteiger partial charge in [0.2, 0.25) is 0 Å². The number of anilines is 1. The molecule has 0 radical (unpaired) electrons. The molecular weight excluding hydrogens is 362 g/mol. The van der Waals surface area contributed by atoms with Crippen LogP contribution in [0, 0.1) is 11.3 Å². The summed E-state index contributed by atoms with van der Waals surface area (Å²) in [7, 11) is 1.98. The fraction of sp³-hybridized carbons (Fsp3) is 0.250. The van der Waals surface area contributed by atoms with Gasteiger partial charge >= 0.3 is 0 Å². The number of nitrogens with zero attached hydrogens (tertiary/aromatic N) is 3. The number of benzene rings is 2. The molecule has 0 unspecified atom stereocenters.